The van der Waals surface area contributed by atoms with Crippen LogP contribution in [-0.2, 0) is 10.0 Å². The Morgan fingerprint density at radius 3 is 2.70 bits per heavy atom. The van der Waals surface area contributed by atoms with Crippen molar-refractivity contribution < 1.29 is 17.9 Å². The first-order valence-electron chi connectivity index (χ1n) is 6.31. The smallest absolute Gasteiger partial charge is 0.231 e. The zero-order chi connectivity index (χ0) is 14.8. The third-order valence-electron chi connectivity index (χ3n) is 3.13. The van der Waals surface area contributed by atoms with Gasteiger partial charge in [-0.25, -0.2) is 12.7 Å². The molecular formula is C13H19NO4S2. The van der Waals surface area contributed by atoms with Crippen LogP contribution in [0.3, 0.4) is 0 Å². The maximum atomic E-state index is 11.7. The van der Waals surface area contributed by atoms with Crippen molar-refractivity contribution in [2.45, 2.75) is 12.2 Å². The topological polar surface area (TPSA) is 55.8 Å². The SMILES string of the molecule is CC(SCCS(=O)(=O)N(C)C)c1ccc2c(c1)OCO2. The Labute approximate surface area is 124 Å². The van der Waals surface area contributed by atoms with E-state index in [1.807, 2.05) is 18.2 Å². The Morgan fingerprint density at radius 2 is 2.00 bits per heavy atom. The summed E-state index contributed by atoms with van der Waals surface area (Å²) in [5.41, 5.74) is 1.11. The highest BCUT2D eigenvalue weighted by Crippen LogP contribution is 2.37. The summed E-state index contributed by atoms with van der Waals surface area (Å²) < 4.78 is 35.2. The zero-order valence-electron chi connectivity index (χ0n) is 11.8. The van der Waals surface area contributed by atoms with E-state index in [1.54, 1.807) is 25.9 Å². The second kappa shape index (κ2) is 6.24. The molecule has 0 N–H and O–H groups in total. The molecule has 0 spiro atoms. The number of nitrogens with zero attached hydrogens (tertiary/aromatic N) is 1. The lowest BCUT2D eigenvalue weighted by atomic mass is 10.1. The van der Waals surface area contributed by atoms with E-state index in [9.17, 15) is 8.42 Å². The molecule has 5 nitrogen and oxygen atoms in total. The van der Waals surface area contributed by atoms with E-state index < -0.39 is 10.0 Å². The Bertz CT molecular complexity index is 572. The van der Waals surface area contributed by atoms with E-state index >= 15 is 0 Å². The second-order valence-electron chi connectivity index (χ2n) is 4.72. The largest absolute Gasteiger partial charge is 0.454 e. The van der Waals surface area contributed by atoms with Gasteiger partial charge >= 0.3 is 0 Å². The molecule has 0 amide bonds. The van der Waals surface area contributed by atoms with Gasteiger partial charge in [0, 0.05) is 25.1 Å². The molecule has 1 aliphatic rings. The van der Waals surface area contributed by atoms with Gasteiger partial charge in [-0.2, -0.15) is 11.8 Å². The number of benzene rings is 1. The van der Waals surface area contributed by atoms with Crippen molar-refractivity contribution in [2.75, 3.05) is 32.4 Å². The van der Waals surface area contributed by atoms with Crippen molar-refractivity contribution in [3.05, 3.63) is 23.8 Å². The monoisotopic (exact) mass is 317 g/mol. The normalized spacial score (nSPS) is 15.6. The zero-order valence-corrected chi connectivity index (χ0v) is 13.5. The Kier molecular flexibility index (Phi) is 4.82. The van der Waals surface area contributed by atoms with E-state index in [1.165, 1.54) is 4.31 Å². The quantitative estimate of drug-likeness (QED) is 0.804. The Balaban J connectivity index is 1.91. The van der Waals surface area contributed by atoms with Gasteiger partial charge in [-0.05, 0) is 24.6 Å². The summed E-state index contributed by atoms with van der Waals surface area (Å²) >= 11 is 1.62. The highest BCUT2D eigenvalue weighted by atomic mass is 32.2. The second-order valence-corrected chi connectivity index (χ2v) is 8.48. The van der Waals surface area contributed by atoms with Crippen LogP contribution in [-0.4, -0.2) is 45.1 Å². The van der Waals surface area contributed by atoms with Gasteiger partial charge in [-0.1, -0.05) is 6.07 Å². The molecule has 1 unspecified atom stereocenters. The maximum Gasteiger partial charge on any atom is 0.231 e. The molecule has 20 heavy (non-hydrogen) atoms. The first-order valence-corrected chi connectivity index (χ1v) is 8.97. The number of sulfonamides is 1. The van der Waals surface area contributed by atoms with Gasteiger partial charge in [-0.15, -0.1) is 0 Å². The average molecular weight is 317 g/mol. The number of hydrogen-bond acceptors (Lipinski definition) is 5. The van der Waals surface area contributed by atoms with Crippen LogP contribution in [0.25, 0.3) is 0 Å². The predicted molar refractivity (Wildman–Crippen MR) is 80.9 cm³/mol. The molecule has 7 heteroatoms. The van der Waals surface area contributed by atoms with E-state index in [4.69, 9.17) is 9.47 Å². The van der Waals surface area contributed by atoms with Gasteiger partial charge in [-0.3, -0.25) is 0 Å². The van der Waals surface area contributed by atoms with Crippen molar-refractivity contribution >= 4 is 21.8 Å². The molecule has 112 valence electrons. The minimum absolute atomic E-state index is 0.152. The van der Waals surface area contributed by atoms with Crippen molar-refractivity contribution in [3.8, 4) is 11.5 Å². The molecule has 0 fully saturated rings. The predicted octanol–water partition coefficient (Wildman–Crippen LogP) is 2.10. The van der Waals surface area contributed by atoms with Gasteiger partial charge < -0.3 is 9.47 Å². The molecule has 0 aliphatic carbocycles. The van der Waals surface area contributed by atoms with Crippen LogP contribution in [0.1, 0.15) is 17.7 Å². The summed E-state index contributed by atoms with van der Waals surface area (Å²) in [7, 11) is -0.00417. The molecule has 1 atom stereocenters. The minimum atomic E-state index is -3.12. The molecule has 1 aromatic rings. The highest BCUT2D eigenvalue weighted by Gasteiger charge is 2.17. The van der Waals surface area contributed by atoms with Crippen LogP contribution in [0.4, 0.5) is 0 Å². The standard InChI is InChI=1S/C13H19NO4S2/c1-10(19-6-7-20(15,16)14(2)3)11-4-5-12-13(8-11)18-9-17-12/h4-5,8,10H,6-7,9H2,1-3H3. The molecule has 1 heterocycles. The molecular weight excluding hydrogens is 298 g/mol. The first kappa shape index (κ1) is 15.5. The van der Waals surface area contributed by atoms with Gasteiger partial charge in [0.25, 0.3) is 0 Å². The molecule has 0 radical (unpaired) electrons. The lowest BCUT2D eigenvalue weighted by molar-refractivity contribution is 0.174. The number of ether oxygens (including phenoxy) is 2. The van der Waals surface area contributed by atoms with Gasteiger partial charge in [0.1, 0.15) is 0 Å². The molecule has 0 saturated heterocycles. The van der Waals surface area contributed by atoms with E-state index in [2.05, 4.69) is 6.92 Å². The fourth-order valence-electron chi connectivity index (χ4n) is 1.77. The van der Waals surface area contributed by atoms with E-state index in [-0.39, 0.29) is 17.8 Å². The van der Waals surface area contributed by atoms with E-state index in [0.29, 0.717) is 5.75 Å². The van der Waals surface area contributed by atoms with Crippen molar-refractivity contribution in [1.29, 1.82) is 0 Å². The lowest BCUT2D eigenvalue weighted by Crippen LogP contribution is -2.26. The molecule has 2 rings (SSSR count). The Hall–Kier alpha value is -0.920. The summed E-state index contributed by atoms with van der Waals surface area (Å²) in [5.74, 6) is 2.24. The summed E-state index contributed by atoms with van der Waals surface area (Å²) in [4.78, 5) is 0. The minimum Gasteiger partial charge on any atom is -0.454 e. The molecule has 0 saturated carbocycles. The number of thioether (sulfide) groups is 1. The molecule has 0 aromatic heterocycles. The Morgan fingerprint density at radius 1 is 1.30 bits per heavy atom. The van der Waals surface area contributed by atoms with Crippen molar-refractivity contribution in [3.63, 3.8) is 0 Å². The molecule has 1 aromatic carbocycles. The maximum absolute atomic E-state index is 11.7. The van der Waals surface area contributed by atoms with Crippen molar-refractivity contribution in [2.24, 2.45) is 0 Å². The van der Waals surface area contributed by atoms with E-state index in [0.717, 1.165) is 17.1 Å². The van der Waals surface area contributed by atoms with Crippen LogP contribution in [0.5, 0.6) is 11.5 Å². The summed E-state index contributed by atoms with van der Waals surface area (Å²) in [5, 5.41) is 0.210. The van der Waals surface area contributed by atoms with Gasteiger partial charge in [0.15, 0.2) is 11.5 Å². The average Bonchev–Trinajstić information content (AvgIpc) is 2.85. The lowest BCUT2D eigenvalue weighted by Gasteiger charge is -2.14. The number of rotatable bonds is 6. The van der Waals surface area contributed by atoms with Crippen LogP contribution in [0.2, 0.25) is 0 Å². The van der Waals surface area contributed by atoms with Crippen LogP contribution < -0.4 is 9.47 Å². The number of hydrogen-bond donors (Lipinski definition) is 0. The molecule has 1 aliphatic heterocycles. The third kappa shape index (κ3) is 3.59. The van der Waals surface area contributed by atoms with Crippen molar-refractivity contribution in [1.82, 2.24) is 4.31 Å². The fourth-order valence-corrected chi connectivity index (χ4v) is 4.06. The van der Waals surface area contributed by atoms with Gasteiger partial charge in [0.05, 0.1) is 5.75 Å². The van der Waals surface area contributed by atoms with Crippen LogP contribution in [0.15, 0.2) is 18.2 Å². The van der Waals surface area contributed by atoms with Gasteiger partial charge in [0.2, 0.25) is 16.8 Å². The summed E-state index contributed by atoms with van der Waals surface area (Å²) in [6, 6.07) is 5.84. The highest BCUT2D eigenvalue weighted by molar-refractivity contribution is 8.00. The van der Waals surface area contributed by atoms with Crippen LogP contribution >= 0.6 is 11.8 Å². The summed E-state index contributed by atoms with van der Waals surface area (Å²) in [6.07, 6.45) is 0. The fraction of sp³-hybridized carbons (Fsp3) is 0.538. The first-order chi connectivity index (χ1) is 9.40. The third-order valence-corrected chi connectivity index (χ3v) is 6.43. The molecule has 0 bridgehead atoms. The number of fused-ring (bicyclic) bond motifs is 1. The summed E-state index contributed by atoms with van der Waals surface area (Å²) in [6.45, 7) is 2.33. The van der Waals surface area contributed by atoms with Crippen LogP contribution in [0, 0.1) is 0 Å².